The van der Waals surface area contributed by atoms with Gasteiger partial charge in [-0.25, -0.2) is 0 Å². The molecular formula is C13H19ClO. The largest absolute Gasteiger partial charge is 0.494 e. The maximum Gasteiger partial charge on any atom is 0.119 e. The lowest BCUT2D eigenvalue weighted by Crippen LogP contribution is -2.00. The van der Waals surface area contributed by atoms with Gasteiger partial charge in [-0.05, 0) is 37.0 Å². The summed E-state index contributed by atoms with van der Waals surface area (Å²) in [5.41, 5.74) is 1.32. The van der Waals surface area contributed by atoms with Gasteiger partial charge in [0.2, 0.25) is 0 Å². The van der Waals surface area contributed by atoms with Crippen molar-refractivity contribution in [3.05, 3.63) is 29.8 Å². The van der Waals surface area contributed by atoms with Crippen LogP contribution in [0.3, 0.4) is 0 Å². The number of halogens is 1. The van der Waals surface area contributed by atoms with Crippen LogP contribution < -0.4 is 4.74 Å². The predicted octanol–water partition coefficient (Wildman–Crippen LogP) is 4.21. The van der Waals surface area contributed by atoms with Crippen LogP contribution in [0, 0.1) is 0 Å². The van der Waals surface area contributed by atoms with Crippen LogP contribution in [0.2, 0.25) is 0 Å². The minimum absolute atomic E-state index is 0.479. The summed E-state index contributed by atoms with van der Waals surface area (Å²) in [5.74, 6) is 2.11. The third-order valence-corrected chi connectivity index (χ3v) is 2.86. The van der Waals surface area contributed by atoms with Crippen molar-refractivity contribution in [1.82, 2.24) is 0 Å². The Hall–Kier alpha value is -0.690. The fourth-order valence-corrected chi connectivity index (χ4v) is 2.02. The standard InChI is InChI=1S/C13H19ClO/c1-3-5-12(10-14)11-6-8-13(9-7-11)15-4-2/h6-9,12H,3-5,10H2,1-2H3. The molecule has 0 N–H and O–H groups in total. The van der Waals surface area contributed by atoms with Gasteiger partial charge in [-0.3, -0.25) is 0 Å². The minimum atomic E-state index is 0.479. The summed E-state index contributed by atoms with van der Waals surface area (Å²) in [7, 11) is 0. The molecule has 15 heavy (non-hydrogen) atoms. The second-order valence-electron chi connectivity index (χ2n) is 3.64. The van der Waals surface area contributed by atoms with Crippen LogP contribution in [0.1, 0.15) is 38.2 Å². The summed E-state index contributed by atoms with van der Waals surface area (Å²) in [5, 5.41) is 0. The number of hydrogen-bond donors (Lipinski definition) is 0. The van der Waals surface area contributed by atoms with Gasteiger partial charge in [-0.1, -0.05) is 25.5 Å². The van der Waals surface area contributed by atoms with Crippen LogP contribution in [0.4, 0.5) is 0 Å². The topological polar surface area (TPSA) is 9.23 Å². The molecule has 1 unspecified atom stereocenters. The highest BCUT2D eigenvalue weighted by Gasteiger charge is 2.08. The first-order valence-corrected chi connectivity index (χ1v) is 6.14. The van der Waals surface area contributed by atoms with Gasteiger partial charge in [-0.15, -0.1) is 11.6 Å². The van der Waals surface area contributed by atoms with E-state index in [1.807, 2.05) is 19.1 Å². The average Bonchev–Trinajstić information content (AvgIpc) is 2.28. The Balaban J connectivity index is 2.68. The number of ether oxygens (including phenoxy) is 1. The highest BCUT2D eigenvalue weighted by atomic mass is 35.5. The van der Waals surface area contributed by atoms with Crippen molar-refractivity contribution in [1.29, 1.82) is 0 Å². The highest BCUT2D eigenvalue weighted by molar-refractivity contribution is 6.18. The Bertz CT molecular complexity index is 268. The zero-order valence-electron chi connectivity index (χ0n) is 9.50. The van der Waals surface area contributed by atoms with Crippen LogP contribution in [0.25, 0.3) is 0 Å². The maximum atomic E-state index is 5.95. The molecule has 0 aliphatic carbocycles. The lowest BCUT2D eigenvalue weighted by atomic mass is 9.96. The third kappa shape index (κ3) is 3.75. The fourth-order valence-electron chi connectivity index (χ4n) is 1.68. The summed E-state index contributed by atoms with van der Waals surface area (Å²) in [6, 6.07) is 8.28. The molecule has 1 atom stereocenters. The molecule has 0 saturated heterocycles. The molecular weight excluding hydrogens is 208 g/mol. The second kappa shape index (κ2) is 6.73. The summed E-state index contributed by atoms with van der Waals surface area (Å²) in [6.45, 7) is 4.90. The molecule has 0 saturated carbocycles. The molecule has 0 spiro atoms. The van der Waals surface area contributed by atoms with Crippen LogP contribution in [0.5, 0.6) is 5.75 Å². The highest BCUT2D eigenvalue weighted by Crippen LogP contribution is 2.24. The molecule has 1 aromatic rings. The number of benzene rings is 1. The molecule has 0 amide bonds. The molecule has 0 radical (unpaired) electrons. The van der Waals surface area contributed by atoms with E-state index in [1.54, 1.807) is 0 Å². The molecule has 0 aliphatic rings. The van der Waals surface area contributed by atoms with Crippen molar-refractivity contribution in [2.24, 2.45) is 0 Å². The van der Waals surface area contributed by atoms with Crippen molar-refractivity contribution >= 4 is 11.6 Å². The first-order valence-electron chi connectivity index (χ1n) is 5.60. The lowest BCUT2D eigenvalue weighted by Gasteiger charge is -2.13. The second-order valence-corrected chi connectivity index (χ2v) is 3.95. The van der Waals surface area contributed by atoms with Crippen LogP contribution in [0.15, 0.2) is 24.3 Å². The lowest BCUT2D eigenvalue weighted by molar-refractivity contribution is 0.340. The Labute approximate surface area is 97.4 Å². The van der Waals surface area contributed by atoms with E-state index >= 15 is 0 Å². The molecule has 1 rings (SSSR count). The Morgan fingerprint density at radius 2 is 1.87 bits per heavy atom. The molecule has 0 bridgehead atoms. The van der Waals surface area contributed by atoms with Crippen molar-refractivity contribution < 1.29 is 4.74 Å². The van der Waals surface area contributed by atoms with E-state index < -0.39 is 0 Å². The van der Waals surface area contributed by atoms with E-state index in [0.717, 1.165) is 12.2 Å². The van der Waals surface area contributed by atoms with Crippen molar-refractivity contribution in [3.8, 4) is 5.75 Å². The Kier molecular flexibility index (Phi) is 5.56. The molecule has 1 aromatic carbocycles. The third-order valence-electron chi connectivity index (χ3n) is 2.49. The number of rotatable bonds is 6. The first-order chi connectivity index (χ1) is 7.31. The van der Waals surface area contributed by atoms with Crippen molar-refractivity contribution in [2.75, 3.05) is 12.5 Å². The predicted molar refractivity (Wildman–Crippen MR) is 66.0 cm³/mol. The summed E-state index contributed by atoms with van der Waals surface area (Å²) in [6.07, 6.45) is 2.32. The molecule has 0 aromatic heterocycles. The molecule has 2 heteroatoms. The molecule has 84 valence electrons. The Morgan fingerprint density at radius 1 is 1.20 bits per heavy atom. The van der Waals surface area contributed by atoms with Crippen LogP contribution in [-0.4, -0.2) is 12.5 Å². The average molecular weight is 227 g/mol. The van der Waals surface area contributed by atoms with E-state index in [4.69, 9.17) is 16.3 Å². The minimum Gasteiger partial charge on any atom is -0.494 e. The maximum absolute atomic E-state index is 5.95. The van der Waals surface area contributed by atoms with Gasteiger partial charge < -0.3 is 4.74 Å². The van der Waals surface area contributed by atoms with Gasteiger partial charge in [0.25, 0.3) is 0 Å². The zero-order chi connectivity index (χ0) is 11.1. The van der Waals surface area contributed by atoms with Crippen molar-refractivity contribution in [2.45, 2.75) is 32.6 Å². The molecule has 0 aliphatic heterocycles. The monoisotopic (exact) mass is 226 g/mol. The number of hydrogen-bond acceptors (Lipinski definition) is 1. The van der Waals surface area contributed by atoms with Gasteiger partial charge in [0.1, 0.15) is 5.75 Å². The normalized spacial score (nSPS) is 12.5. The summed E-state index contributed by atoms with van der Waals surface area (Å²) < 4.78 is 5.40. The van der Waals surface area contributed by atoms with Gasteiger partial charge in [0.05, 0.1) is 6.61 Å². The van der Waals surface area contributed by atoms with Gasteiger partial charge in [0, 0.05) is 5.88 Å². The van der Waals surface area contributed by atoms with E-state index in [2.05, 4.69) is 19.1 Å². The van der Waals surface area contributed by atoms with Crippen LogP contribution in [-0.2, 0) is 0 Å². The van der Waals surface area contributed by atoms with Crippen LogP contribution >= 0.6 is 11.6 Å². The first kappa shape index (κ1) is 12.4. The molecule has 1 nitrogen and oxygen atoms in total. The SMILES string of the molecule is CCCC(CCl)c1ccc(OCC)cc1. The zero-order valence-corrected chi connectivity index (χ0v) is 10.3. The van der Waals surface area contributed by atoms with E-state index in [1.165, 1.54) is 12.0 Å². The van der Waals surface area contributed by atoms with Crippen molar-refractivity contribution in [3.63, 3.8) is 0 Å². The van der Waals surface area contributed by atoms with E-state index in [0.29, 0.717) is 18.4 Å². The molecule has 0 heterocycles. The summed E-state index contributed by atoms with van der Waals surface area (Å²) >= 11 is 5.95. The molecule has 0 fully saturated rings. The smallest absolute Gasteiger partial charge is 0.119 e. The number of alkyl halides is 1. The van der Waals surface area contributed by atoms with E-state index in [-0.39, 0.29) is 0 Å². The van der Waals surface area contributed by atoms with E-state index in [9.17, 15) is 0 Å². The van der Waals surface area contributed by atoms with Gasteiger partial charge in [-0.2, -0.15) is 0 Å². The van der Waals surface area contributed by atoms with Gasteiger partial charge in [0.15, 0.2) is 0 Å². The fraction of sp³-hybridized carbons (Fsp3) is 0.538. The van der Waals surface area contributed by atoms with Gasteiger partial charge >= 0.3 is 0 Å². The Morgan fingerprint density at radius 3 is 2.33 bits per heavy atom. The summed E-state index contributed by atoms with van der Waals surface area (Å²) in [4.78, 5) is 0. The quantitative estimate of drug-likeness (QED) is 0.661.